The van der Waals surface area contributed by atoms with Crippen LogP contribution < -0.4 is 5.32 Å². The molecule has 0 radical (unpaired) electrons. The number of rotatable bonds is 9. The number of carbonyl (C=O) groups is 2. The summed E-state index contributed by atoms with van der Waals surface area (Å²) < 4.78 is 0. The van der Waals surface area contributed by atoms with E-state index in [1.165, 1.54) is 0 Å². The van der Waals surface area contributed by atoms with Crippen molar-refractivity contribution in [1.82, 2.24) is 5.32 Å². The Morgan fingerprint density at radius 1 is 1.30 bits per heavy atom. The van der Waals surface area contributed by atoms with Crippen LogP contribution in [0.2, 0.25) is 0 Å². The van der Waals surface area contributed by atoms with Gasteiger partial charge in [-0.25, -0.2) is 0 Å². The van der Waals surface area contributed by atoms with Gasteiger partial charge >= 0.3 is 0 Å². The van der Waals surface area contributed by atoms with Gasteiger partial charge in [-0.05, 0) is 31.9 Å². The summed E-state index contributed by atoms with van der Waals surface area (Å²) in [5.74, 6) is 0.376. The molecule has 3 nitrogen and oxygen atoms in total. The number of allylic oxidation sites excluding steroid dienone is 4. The molecule has 0 aliphatic carbocycles. The van der Waals surface area contributed by atoms with Crippen LogP contribution in [-0.2, 0) is 9.59 Å². The van der Waals surface area contributed by atoms with Gasteiger partial charge in [-0.1, -0.05) is 39.0 Å². The highest BCUT2D eigenvalue weighted by Gasteiger charge is 2.07. The molecule has 0 aliphatic rings. The zero-order valence-electron chi connectivity index (χ0n) is 13.2. The maximum absolute atomic E-state index is 11.6. The van der Waals surface area contributed by atoms with E-state index in [4.69, 9.17) is 0 Å². The lowest BCUT2D eigenvalue weighted by molar-refractivity contribution is -0.122. The van der Waals surface area contributed by atoms with Crippen molar-refractivity contribution in [3.63, 3.8) is 0 Å². The fourth-order valence-corrected chi connectivity index (χ4v) is 1.65. The number of carbonyl (C=O) groups excluding carboxylic acids is 2. The number of amides is 1. The van der Waals surface area contributed by atoms with Crippen LogP contribution in [0.5, 0.6) is 0 Å². The molecule has 0 aromatic rings. The van der Waals surface area contributed by atoms with Crippen LogP contribution in [-0.4, -0.2) is 11.7 Å². The summed E-state index contributed by atoms with van der Waals surface area (Å²) in [6.07, 6.45) is 8.26. The Kier molecular flexibility index (Phi) is 9.35. The minimum atomic E-state index is -0.0263. The monoisotopic (exact) mass is 279 g/mol. The molecule has 1 N–H and O–H groups in total. The van der Waals surface area contributed by atoms with Crippen LogP contribution in [0.3, 0.4) is 0 Å². The third kappa shape index (κ3) is 7.72. The lowest BCUT2D eigenvalue weighted by Gasteiger charge is -2.08. The molecule has 0 bridgehead atoms. The first-order chi connectivity index (χ1) is 9.44. The second-order valence-corrected chi connectivity index (χ2v) is 5.04. The number of ketones is 1. The molecule has 0 rings (SSSR count). The van der Waals surface area contributed by atoms with Crippen molar-refractivity contribution in [2.24, 2.45) is 5.92 Å². The Labute approximate surface area is 124 Å². The first-order valence-electron chi connectivity index (χ1n) is 7.26. The van der Waals surface area contributed by atoms with Gasteiger partial charge in [0.1, 0.15) is 5.78 Å². The van der Waals surface area contributed by atoms with Crippen molar-refractivity contribution in [2.75, 3.05) is 0 Å². The van der Waals surface area contributed by atoms with Gasteiger partial charge in [0.15, 0.2) is 0 Å². The molecule has 0 saturated heterocycles. The molecular formula is C17H29NO2. The molecule has 1 amide bonds. The Morgan fingerprint density at radius 3 is 2.40 bits per heavy atom. The molecule has 114 valence electrons. The SMILES string of the molecule is C=C/C(=C\C(=C/C)CCCC(=O)C(C)C)NC(=O)CC.[HH]. The van der Waals surface area contributed by atoms with Crippen molar-refractivity contribution >= 4 is 11.7 Å². The topological polar surface area (TPSA) is 46.2 Å². The van der Waals surface area contributed by atoms with Gasteiger partial charge < -0.3 is 5.32 Å². The third-order valence-electron chi connectivity index (χ3n) is 3.07. The van der Waals surface area contributed by atoms with Crippen LogP contribution in [0, 0.1) is 5.92 Å². The summed E-state index contributed by atoms with van der Waals surface area (Å²) in [5, 5.41) is 2.79. The highest BCUT2D eigenvalue weighted by atomic mass is 16.1. The Hall–Kier alpha value is -1.64. The second-order valence-electron chi connectivity index (χ2n) is 5.04. The lowest BCUT2D eigenvalue weighted by atomic mass is 10.0. The number of hydrogen-bond donors (Lipinski definition) is 1. The highest BCUT2D eigenvalue weighted by molar-refractivity contribution is 5.80. The van der Waals surface area contributed by atoms with Gasteiger partial charge in [-0.2, -0.15) is 0 Å². The van der Waals surface area contributed by atoms with Crippen LogP contribution >= 0.6 is 0 Å². The van der Waals surface area contributed by atoms with E-state index in [9.17, 15) is 9.59 Å². The molecular weight excluding hydrogens is 250 g/mol. The fraction of sp³-hybridized carbons (Fsp3) is 0.529. The smallest absolute Gasteiger partial charge is 0.224 e. The third-order valence-corrected chi connectivity index (χ3v) is 3.07. The summed E-state index contributed by atoms with van der Waals surface area (Å²) in [4.78, 5) is 22.9. The molecule has 0 aromatic heterocycles. The average Bonchev–Trinajstić information content (AvgIpc) is 2.44. The summed E-state index contributed by atoms with van der Waals surface area (Å²) in [6, 6.07) is 0. The van der Waals surface area contributed by atoms with E-state index >= 15 is 0 Å². The second kappa shape index (κ2) is 10.2. The molecule has 20 heavy (non-hydrogen) atoms. The summed E-state index contributed by atoms with van der Waals surface area (Å²) in [6.45, 7) is 11.3. The zero-order chi connectivity index (χ0) is 15.5. The van der Waals surface area contributed by atoms with E-state index < -0.39 is 0 Å². The summed E-state index contributed by atoms with van der Waals surface area (Å²) in [5.41, 5.74) is 1.81. The molecule has 0 fully saturated rings. The molecule has 0 spiro atoms. The van der Waals surface area contributed by atoms with Crippen molar-refractivity contribution in [3.05, 3.63) is 36.1 Å². The molecule has 0 saturated carbocycles. The minimum absolute atomic E-state index is 0. The largest absolute Gasteiger partial charge is 0.326 e. The van der Waals surface area contributed by atoms with Gasteiger partial charge in [0.05, 0.1) is 0 Å². The van der Waals surface area contributed by atoms with Crippen LogP contribution in [0.4, 0.5) is 0 Å². The van der Waals surface area contributed by atoms with Crippen molar-refractivity contribution in [3.8, 4) is 0 Å². The van der Waals surface area contributed by atoms with E-state index in [2.05, 4.69) is 11.9 Å². The molecule has 0 unspecified atom stereocenters. The van der Waals surface area contributed by atoms with Crippen molar-refractivity contribution in [2.45, 2.75) is 53.4 Å². The van der Waals surface area contributed by atoms with Crippen LogP contribution in [0.1, 0.15) is 54.8 Å². The first kappa shape index (κ1) is 18.4. The van der Waals surface area contributed by atoms with E-state index in [1.807, 2.05) is 39.8 Å². The number of nitrogens with one attached hydrogen (secondary N) is 1. The maximum Gasteiger partial charge on any atom is 0.224 e. The molecule has 0 aromatic carbocycles. The van der Waals surface area contributed by atoms with E-state index in [0.29, 0.717) is 24.3 Å². The van der Waals surface area contributed by atoms with Gasteiger partial charge in [0.25, 0.3) is 0 Å². The van der Waals surface area contributed by atoms with Gasteiger partial charge in [0, 0.05) is 25.9 Å². The Morgan fingerprint density at radius 2 is 1.95 bits per heavy atom. The predicted octanol–water partition coefficient (Wildman–Crippen LogP) is 4.17. The number of Topliss-reactive ketones (excluding diaryl/α,β-unsaturated/α-hetero) is 1. The van der Waals surface area contributed by atoms with E-state index in [1.54, 1.807) is 6.08 Å². The van der Waals surface area contributed by atoms with Gasteiger partial charge in [0.2, 0.25) is 5.91 Å². The number of hydrogen-bond acceptors (Lipinski definition) is 2. The zero-order valence-corrected chi connectivity index (χ0v) is 13.2. The summed E-state index contributed by atoms with van der Waals surface area (Å²) in [7, 11) is 0. The quantitative estimate of drug-likeness (QED) is 0.644. The van der Waals surface area contributed by atoms with Gasteiger partial charge in [-0.3, -0.25) is 9.59 Å². The first-order valence-corrected chi connectivity index (χ1v) is 7.26. The van der Waals surface area contributed by atoms with Crippen molar-refractivity contribution < 1.29 is 11.0 Å². The standard InChI is InChI=1S/C17H27NO2.H2/c1-6-14(10-9-11-16(19)13(4)5)12-15(7-2)18-17(20)8-3;/h6-7,12-13H,2,8-11H2,1,3-5H3,(H,18,20);1H/b14-6-,15-12+;. The Bertz CT molecular complexity index is 409. The van der Waals surface area contributed by atoms with Crippen molar-refractivity contribution in [1.29, 1.82) is 0 Å². The lowest BCUT2D eigenvalue weighted by Crippen LogP contribution is -2.20. The van der Waals surface area contributed by atoms with E-state index in [-0.39, 0.29) is 13.3 Å². The molecule has 3 heteroatoms. The van der Waals surface area contributed by atoms with E-state index in [0.717, 1.165) is 18.4 Å². The maximum atomic E-state index is 11.6. The minimum Gasteiger partial charge on any atom is -0.326 e. The fourth-order valence-electron chi connectivity index (χ4n) is 1.65. The van der Waals surface area contributed by atoms with Gasteiger partial charge in [-0.15, -0.1) is 0 Å². The predicted molar refractivity (Wildman–Crippen MR) is 86.3 cm³/mol. The average molecular weight is 279 g/mol. The summed E-state index contributed by atoms with van der Waals surface area (Å²) >= 11 is 0. The highest BCUT2D eigenvalue weighted by Crippen LogP contribution is 2.13. The normalized spacial score (nSPS) is 12.4. The van der Waals surface area contributed by atoms with Crippen LogP contribution in [0.25, 0.3) is 0 Å². The molecule has 0 aliphatic heterocycles. The Balaban J connectivity index is 0. The molecule has 0 heterocycles. The molecule has 0 atom stereocenters. The van der Waals surface area contributed by atoms with Crippen LogP contribution in [0.15, 0.2) is 36.1 Å².